The molecule has 2 aromatic rings. The van der Waals surface area contributed by atoms with Crippen molar-refractivity contribution in [1.82, 2.24) is 20.3 Å². The topological polar surface area (TPSA) is 67.8 Å². The Morgan fingerprint density at radius 3 is 2.90 bits per heavy atom. The molecule has 0 bridgehead atoms. The number of aromatic nitrogens is 3. The van der Waals surface area contributed by atoms with Crippen LogP contribution in [0.4, 0.5) is 0 Å². The largest absolute Gasteiger partial charge is 0.346 e. The summed E-state index contributed by atoms with van der Waals surface area (Å²) >= 11 is 0. The molecule has 1 atom stereocenters. The second kappa shape index (κ2) is 5.99. The van der Waals surface area contributed by atoms with Crippen LogP contribution in [0.5, 0.6) is 0 Å². The van der Waals surface area contributed by atoms with E-state index in [-0.39, 0.29) is 11.9 Å². The fourth-order valence-electron chi connectivity index (χ4n) is 2.35. The highest BCUT2D eigenvalue weighted by molar-refractivity contribution is 5.78. The number of hydrogen-bond donors (Lipinski definition) is 1. The lowest BCUT2D eigenvalue weighted by Gasteiger charge is -2.17. The molecule has 1 saturated carbocycles. The maximum absolute atomic E-state index is 12.2. The number of aryl methyl sites for hydroxylation is 1. The standard InChI is InChI=1S/C16H18N4O/c1-11-6-8-18-16(19-11)15(13-4-5-13)20-14(21)9-12-3-2-7-17-10-12/h2-3,6-8,10,13,15H,4-5,9H2,1H3,(H,20,21). The zero-order valence-corrected chi connectivity index (χ0v) is 12.0. The number of nitrogens with zero attached hydrogens (tertiary/aromatic N) is 3. The summed E-state index contributed by atoms with van der Waals surface area (Å²) in [6, 6.07) is 5.53. The van der Waals surface area contributed by atoms with Crippen molar-refractivity contribution >= 4 is 5.91 Å². The molecule has 0 radical (unpaired) electrons. The van der Waals surface area contributed by atoms with Crippen LogP contribution in [0.2, 0.25) is 0 Å². The van der Waals surface area contributed by atoms with E-state index < -0.39 is 0 Å². The van der Waals surface area contributed by atoms with Crippen LogP contribution in [0.15, 0.2) is 36.8 Å². The van der Waals surface area contributed by atoms with Gasteiger partial charge in [-0.05, 0) is 43.4 Å². The van der Waals surface area contributed by atoms with E-state index in [1.165, 1.54) is 0 Å². The zero-order valence-electron chi connectivity index (χ0n) is 12.0. The summed E-state index contributed by atoms with van der Waals surface area (Å²) in [7, 11) is 0. The first kappa shape index (κ1) is 13.7. The molecule has 3 rings (SSSR count). The van der Waals surface area contributed by atoms with Crippen LogP contribution in [0, 0.1) is 12.8 Å². The van der Waals surface area contributed by atoms with E-state index in [4.69, 9.17) is 0 Å². The van der Waals surface area contributed by atoms with Gasteiger partial charge in [0.1, 0.15) is 0 Å². The SMILES string of the molecule is Cc1ccnc(C(NC(=O)Cc2cccnc2)C2CC2)n1. The van der Waals surface area contributed by atoms with E-state index in [1.54, 1.807) is 18.6 Å². The number of hydrogen-bond acceptors (Lipinski definition) is 4. The van der Waals surface area contributed by atoms with Gasteiger partial charge in [0.05, 0.1) is 12.5 Å². The first-order valence-corrected chi connectivity index (χ1v) is 7.20. The second-order valence-electron chi connectivity index (χ2n) is 5.48. The number of amides is 1. The number of carbonyl (C=O) groups is 1. The molecule has 0 aromatic carbocycles. The Morgan fingerprint density at radius 1 is 1.38 bits per heavy atom. The van der Waals surface area contributed by atoms with Gasteiger partial charge in [-0.2, -0.15) is 0 Å². The summed E-state index contributed by atoms with van der Waals surface area (Å²) in [5.41, 5.74) is 1.84. The maximum atomic E-state index is 12.2. The molecule has 0 aliphatic heterocycles. The van der Waals surface area contributed by atoms with E-state index in [0.29, 0.717) is 12.3 Å². The van der Waals surface area contributed by atoms with Crippen LogP contribution in [0.25, 0.3) is 0 Å². The Kier molecular flexibility index (Phi) is 3.90. The van der Waals surface area contributed by atoms with E-state index >= 15 is 0 Å². The van der Waals surface area contributed by atoms with Crippen LogP contribution in [-0.2, 0) is 11.2 Å². The number of pyridine rings is 1. The Labute approximate surface area is 123 Å². The molecule has 5 nitrogen and oxygen atoms in total. The zero-order chi connectivity index (χ0) is 14.7. The van der Waals surface area contributed by atoms with E-state index in [2.05, 4.69) is 20.3 Å². The van der Waals surface area contributed by atoms with E-state index in [0.717, 1.165) is 29.9 Å². The van der Waals surface area contributed by atoms with Gasteiger partial charge in [-0.3, -0.25) is 9.78 Å². The maximum Gasteiger partial charge on any atom is 0.225 e. The molecule has 0 saturated heterocycles. The van der Waals surface area contributed by atoms with E-state index in [1.807, 2.05) is 25.1 Å². The van der Waals surface area contributed by atoms with Crippen molar-refractivity contribution in [2.45, 2.75) is 32.2 Å². The van der Waals surface area contributed by atoms with Crippen molar-refractivity contribution in [3.05, 3.63) is 53.9 Å². The quantitative estimate of drug-likeness (QED) is 0.910. The minimum absolute atomic E-state index is 0.00925. The van der Waals surface area contributed by atoms with Gasteiger partial charge in [0.15, 0.2) is 5.82 Å². The summed E-state index contributed by atoms with van der Waals surface area (Å²) in [4.78, 5) is 25.0. The molecule has 1 N–H and O–H groups in total. The van der Waals surface area contributed by atoms with Crippen LogP contribution < -0.4 is 5.32 Å². The van der Waals surface area contributed by atoms with Gasteiger partial charge in [0, 0.05) is 24.3 Å². The summed E-state index contributed by atoms with van der Waals surface area (Å²) < 4.78 is 0. The Morgan fingerprint density at radius 2 is 2.24 bits per heavy atom. The second-order valence-corrected chi connectivity index (χ2v) is 5.48. The molecule has 1 unspecified atom stereocenters. The Balaban J connectivity index is 1.69. The molecule has 21 heavy (non-hydrogen) atoms. The Hall–Kier alpha value is -2.30. The summed E-state index contributed by atoms with van der Waals surface area (Å²) in [6.07, 6.45) is 7.75. The van der Waals surface area contributed by atoms with Gasteiger partial charge < -0.3 is 5.32 Å². The van der Waals surface area contributed by atoms with Crippen molar-refractivity contribution in [3.63, 3.8) is 0 Å². The first-order valence-electron chi connectivity index (χ1n) is 7.20. The molecule has 108 valence electrons. The fourth-order valence-corrected chi connectivity index (χ4v) is 2.35. The molecule has 5 heteroatoms. The van der Waals surface area contributed by atoms with E-state index in [9.17, 15) is 4.79 Å². The summed E-state index contributed by atoms with van der Waals surface area (Å²) in [5, 5.41) is 3.08. The van der Waals surface area contributed by atoms with Crippen molar-refractivity contribution in [2.75, 3.05) is 0 Å². The number of carbonyl (C=O) groups excluding carboxylic acids is 1. The molecule has 2 aromatic heterocycles. The normalized spacial score (nSPS) is 15.5. The third kappa shape index (κ3) is 3.62. The van der Waals surface area contributed by atoms with Gasteiger partial charge >= 0.3 is 0 Å². The molecule has 2 heterocycles. The highest BCUT2D eigenvalue weighted by atomic mass is 16.1. The third-order valence-corrected chi connectivity index (χ3v) is 3.59. The minimum atomic E-state index is -0.0749. The van der Waals surface area contributed by atoms with Crippen molar-refractivity contribution in [3.8, 4) is 0 Å². The monoisotopic (exact) mass is 282 g/mol. The smallest absolute Gasteiger partial charge is 0.225 e. The van der Waals surface area contributed by atoms with Crippen LogP contribution in [-0.4, -0.2) is 20.9 Å². The fraction of sp³-hybridized carbons (Fsp3) is 0.375. The lowest BCUT2D eigenvalue weighted by Crippen LogP contribution is -2.32. The molecule has 1 amide bonds. The van der Waals surface area contributed by atoms with Crippen molar-refractivity contribution in [1.29, 1.82) is 0 Å². The molecular weight excluding hydrogens is 264 g/mol. The highest BCUT2D eigenvalue weighted by Crippen LogP contribution is 2.39. The van der Waals surface area contributed by atoms with Gasteiger partial charge in [0.2, 0.25) is 5.91 Å². The average molecular weight is 282 g/mol. The third-order valence-electron chi connectivity index (χ3n) is 3.59. The average Bonchev–Trinajstić information content (AvgIpc) is 3.30. The lowest BCUT2D eigenvalue weighted by atomic mass is 10.1. The highest BCUT2D eigenvalue weighted by Gasteiger charge is 2.35. The molecule has 1 aliphatic carbocycles. The predicted octanol–water partition coefficient (Wildman–Crippen LogP) is 1.99. The van der Waals surface area contributed by atoms with Crippen LogP contribution >= 0.6 is 0 Å². The van der Waals surface area contributed by atoms with Crippen LogP contribution in [0.1, 0.15) is 36.0 Å². The molecule has 1 aliphatic rings. The van der Waals surface area contributed by atoms with Gasteiger partial charge in [-0.1, -0.05) is 6.07 Å². The van der Waals surface area contributed by atoms with Crippen LogP contribution in [0.3, 0.4) is 0 Å². The minimum Gasteiger partial charge on any atom is -0.346 e. The lowest BCUT2D eigenvalue weighted by molar-refractivity contribution is -0.121. The summed E-state index contributed by atoms with van der Waals surface area (Å²) in [6.45, 7) is 1.94. The van der Waals surface area contributed by atoms with Gasteiger partial charge in [-0.15, -0.1) is 0 Å². The molecule has 1 fully saturated rings. The molecular formula is C16H18N4O. The van der Waals surface area contributed by atoms with Crippen molar-refractivity contribution < 1.29 is 4.79 Å². The predicted molar refractivity (Wildman–Crippen MR) is 78.3 cm³/mol. The van der Waals surface area contributed by atoms with Gasteiger partial charge in [0.25, 0.3) is 0 Å². The first-order chi connectivity index (χ1) is 10.2. The summed E-state index contributed by atoms with van der Waals surface area (Å²) in [5.74, 6) is 1.17. The number of rotatable bonds is 5. The number of nitrogens with one attached hydrogen (secondary N) is 1. The Bertz CT molecular complexity index is 625. The molecule has 0 spiro atoms. The van der Waals surface area contributed by atoms with Gasteiger partial charge in [-0.25, -0.2) is 9.97 Å². The van der Waals surface area contributed by atoms with Crippen molar-refractivity contribution in [2.24, 2.45) is 5.92 Å².